The van der Waals surface area contributed by atoms with Crippen LogP contribution in [-0.2, 0) is 0 Å². The summed E-state index contributed by atoms with van der Waals surface area (Å²) >= 11 is 5.86. The van der Waals surface area contributed by atoms with Crippen molar-refractivity contribution >= 4 is 34.3 Å². The molecule has 2 amide bonds. The number of nitrogens with one attached hydrogen (secondary N) is 3. The second-order valence-corrected chi connectivity index (χ2v) is 5.71. The maximum absolute atomic E-state index is 12.2. The van der Waals surface area contributed by atoms with E-state index in [1.165, 1.54) is 0 Å². The summed E-state index contributed by atoms with van der Waals surface area (Å²) in [5.74, 6) is -0.400. The molecule has 0 saturated heterocycles. The highest BCUT2D eigenvalue weighted by molar-refractivity contribution is 6.30. The van der Waals surface area contributed by atoms with Gasteiger partial charge >= 0.3 is 0 Å². The van der Waals surface area contributed by atoms with Crippen LogP contribution in [0.1, 0.15) is 20.7 Å². The van der Waals surface area contributed by atoms with E-state index in [0.29, 0.717) is 29.2 Å². The van der Waals surface area contributed by atoms with E-state index in [9.17, 15) is 9.59 Å². The lowest BCUT2D eigenvalue weighted by Crippen LogP contribution is -2.34. The first-order valence-electron chi connectivity index (χ1n) is 7.53. The third-order valence-electron chi connectivity index (χ3n) is 3.62. The van der Waals surface area contributed by atoms with Crippen molar-refractivity contribution in [2.75, 3.05) is 13.1 Å². The molecule has 2 aromatic carbocycles. The second-order valence-electron chi connectivity index (χ2n) is 5.27. The third-order valence-corrected chi connectivity index (χ3v) is 3.85. The minimum absolute atomic E-state index is 0.176. The largest absolute Gasteiger partial charge is 0.360 e. The number of carbonyl (C=O) groups excluding carboxylic acids is 2. The van der Waals surface area contributed by atoms with Crippen LogP contribution in [0.2, 0.25) is 5.02 Å². The summed E-state index contributed by atoms with van der Waals surface area (Å²) in [5, 5.41) is 6.92. The molecule has 0 aliphatic carbocycles. The Kier molecular flexibility index (Phi) is 4.82. The number of para-hydroxylation sites is 1. The van der Waals surface area contributed by atoms with Crippen LogP contribution in [0.3, 0.4) is 0 Å². The molecule has 0 saturated carbocycles. The number of fused-ring (bicyclic) bond motifs is 1. The van der Waals surface area contributed by atoms with E-state index >= 15 is 0 Å². The van der Waals surface area contributed by atoms with Crippen LogP contribution in [0.5, 0.6) is 0 Å². The number of aromatic amines is 1. The first-order chi connectivity index (χ1) is 11.6. The maximum Gasteiger partial charge on any atom is 0.253 e. The molecule has 0 unspecified atom stereocenters. The number of rotatable bonds is 5. The first-order valence-corrected chi connectivity index (χ1v) is 7.91. The molecule has 24 heavy (non-hydrogen) atoms. The molecular weight excluding hydrogens is 326 g/mol. The van der Waals surface area contributed by atoms with Gasteiger partial charge in [-0.1, -0.05) is 35.9 Å². The van der Waals surface area contributed by atoms with Crippen LogP contribution in [-0.4, -0.2) is 29.9 Å². The second kappa shape index (κ2) is 7.19. The third kappa shape index (κ3) is 3.58. The fraction of sp³-hybridized carbons (Fsp3) is 0.111. The lowest BCUT2D eigenvalue weighted by Gasteiger charge is -2.07. The molecule has 0 aliphatic rings. The van der Waals surface area contributed by atoms with Crippen LogP contribution in [0, 0.1) is 0 Å². The lowest BCUT2D eigenvalue weighted by atomic mass is 10.1. The molecule has 0 radical (unpaired) electrons. The van der Waals surface area contributed by atoms with Crippen LogP contribution >= 0.6 is 11.6 Å². The van der Waals surface area contributed by atoms with Gasteiger partial charge in [-0.25, -0.2) is 0 Å². The molecular formula is C18H16ClN3O2. The van der Waals surface area contributed by atoms with Gasteiger partial charge in [-0.05, 0) is 24.3 Å². The van der Waals surface area contributed by atoms with Gasteiger partial charge in [-0.2, -0.15) is 0 Å². The van der Waals surface area contributed by atoms with Gasteiger partial charge in [-0.3, -0.25) is 9.59 Å². The number of aromatic nitrogens is 1. The topological polar surface area (TPSA) is 74.0 Å². The Morgan fingerprint density at radius 2 is 1.71 bits per heavy atom. The van der Waals surface area contributed by atoms with E-state index < -0.39 is 0 Å². The standard InChI is InChI=1S/C18H16ClN3O2/c19-13-5-3-4-12(10-13)17(23)20-8-9-21-18(24)15-11-22-16-7-2-1-6-14(15)16/h1-7,10-11,22H,8-9H2,(H,20,23)(H,21,24). The van der Waals surface area contributed by atoms with Crippen LogP contribution in [0.4, 0.5) is 0 Å². The van der Waals surface area contributed by atoms with Crippen molar-refractivity contribution in [2.45, 2.75) is 0 Å². The fourth-order valence-corrected chi connectivity index (χ4v) is 2.63. The zero-order chi connectivity index (χ0) is 16.9. The Hall–Kier alpha value is -2.79. The van der Waals surface area contributed by atoms with E-state index in [1.807, 2.05) is 24.3 Å². The van der Waals surface area contributed by atoms with Gasteiger partial charge in [0.15, 0.2) is 0 Å². The van der Waals surface area contributed by atoms with Crippen molar-refractivity contribution in [1.29, 1.82) is 0 Å². The number of halogens is 1. The van der Waals surface area contributed by atoms with Crippen molar-refractivity contribution in [3.05, 3.63) is 70.9 Å². The molecule has 0 atom stereocenters. The van der Waals surface area contributed by atoms with Crippen molar-refractivity contribution in [1.82, 2.24) is 15.6 Å². The minimum atomic E-state index is -0.223. The summed E-state index contributed by atoms with van der Waals surface area (Å²) in [4.78, 5) is 27.2. The van der Waals surface area contributed by atoms with E-state index in [1.54, 1.807) is 30.5 Å². The smallest absolute Gasteiger partial charge is 0.253 e. The quantitative estimate of drug-likeness (QED) is 0.624. The summed E-state index contributed by atoms with van der Waals surface area (Å²) in [5.41, 5.74) is 1.99. The maximum atomic E-state index is 12.2. The SMILES string of the molecule is O=C(NCCNC(=O)c1c[nH]c2ccccc12)c1cccc(Cl)c1. The highest BCUT2D eigenvalue weighted by Gasteiger charge is 2.11. The first kappa shape index (κ1) is 16.1. The van der Waals surface area contributed by atoms with Crippen molar-refractivity contribution in [2.24, 2.45) is 0 Å². The van der Waals surface area contributed by atoms with Gasteiger partial charge in [0.1, 0.15) is 0 Å². The van der Waals surface area contributed by atoms with Gasteiger partial charge in [0, 0.05) is 40.8 Å². The summed E-state index contributed by atoms with van der Waals surface area (Å²) in [6.07, 6.45) is 1.69. The highest BCUT2D eigenvalue weighted by Crippen LogP contribution is 2.17. The number of benzene rings is 2. The van der Waals surface area contributed by atoms with Crippen molar-refractivity contribution in [3.63, 3.8) is 0 Å². The normalized spacial score (nSPS) is 10.5. The number of hydrogen-bond acceptors (Lipinski definition) is 2. The van der Waals surface area contributed by atoms with E-state index in [0.717, 1.165) is 10.9 Å². The molecule has 0 bridgehead atoms. The summed E-state index contributed by atoms with van der Waals surface area (Å²) < 4.78 is 0. The minimum Gasteiger partial charge on any atom is -0.360 e. The van der Waals surface area contributed by atoms with Crippen LogP contribution in [0.25, 0.3) is 10.9 Å². The molecule has 5 nitrogen and oxygen atoms in total. The Morgan fingerprint density at radius 1 is 0.958 bits per heavy atom. The van der Waals surface area contributed by atoms with Crippen molar-refractivity contribution < 1.29 is 9.59 Å². The molecule has 1 heterocycles. The van der Waals surface area contributed by atoms with E-state index in [-0.39, 0.29) is 11.8 Å². The number of amides is 2. The molecule has 3 rings (SSSR count). The summed E-state index contributed by atoms with van der Waals surface area (Å²) in [6, 6.07) is 14.3. The lowest BCUT2D eigenvalue weighted by molar-refractivity contribution is 0.0928. The molecule has 0 aliphatic heterocycles. The zero-order valence-electron chi connectivity index (χ0n) is 12.8. The average Bonchev–Trinajstić information content (AvgIpc) is 3.02. The summed E-state index contributed by atoms with van der Waals surface area (Å²) in [7, 11) is 0. The number of H-pyrrole nitrogens is 1. The molecule has 3 aromatic rings. The highest BCUT2D eigenvalue weighted by atomic mass is 35.5. The van der Waals surface area contributed by atoms with Gasteiger partial charge in [0.2, 0.25) is 0 Å². The number of carbonyl (C=O) groups is 2. The summed E-state index contributed by atoms with van der Waals surface area (Å²) in [6.45, 7) is 0.671. The van der Waals surface area contributed by atoms with Crippen molar-refractivity contribution in [3.8, 4) is 0 Å². The average molecular weight is 342 g/mol. The molecule has 6 heteroatoms. The molecule has 1 aromatic heterocycles. The van der Waals surface area contributed by atoms with Gasteiger partial charge in [0.25, 0.3) is 11.8 Å². The Labute approximate surface area is 144 Å². The molecule has 122 valence electrons. The van der Waals surface area contributed by atoms with Gasteiger partial charge < -0.3 is 15.6 Å². The molecule has 3 N–H and O–H groups in total. The van der Waals surface area contributed by atoms with E-state index in [4.69, 9.17) is 11.6 Å². The van der Waals surface area contributed by atoms with Gasteiger partial charge in [-0.15, -0.1) is 0 Å². The zero-order valence-corrected chi connectivity index (χ0v) is 13.6. The number of hydrogen-bond donors (Lipinski definition) is 3. The molecule has 0 fully saturated rings. The molecule has 0 spiro atoms. The monoisotopic (exact) mass is 341 g/mol. The fourth-order valence-electron chi connectivity index (χ4n) is 2.44. The Morgan fingerprint density at radius 3 is 2.50 bits per heavy atom. The predicted octanol–water partition coefficient (Wildman–Crippen LogP) is 2.98. The van der Waals surface area contributed by atoms with E-state index in [2.05, 4.69) is 15.6 Å². The predicted molar refractivity (Wildman–Crippen MR) is 94.4 cm³/mol. The Balaban J connectivity index is 1.51. The Bertz CT molecular complexity index is 889. The van der Waals surface area contributed by atoms with Crippen LogP contribution in [0.15, 0.2) is 54.7 Å². The van der Waals surface area contributed by atoms with Crippen LogP contribution < -0.4 is 10.6 Å². The van der Waals surface area contributed by atoms with Gasteiger partial charge in [0.05, 0.1) is 5.56 Å².